The molecule has 1 fully saturated rings. The van der Waals surface area contributed by atoms with Gasteiger partial charge in [0.25, 0.3) is 11.8 Å². The predicted octanol–water partition coefficient (Wildman–Crippen LogP) is -0.189. The van der Waals surface area contributed by atoms with Crippen molar-refractivity contribution in [3.63, 3.8) is 0 Å². The number of nitrogens with zero attached hydrogens (tertiary/aromatic N) is 6. The first-order valence-corrected chi connectivity index (χ1v) is 15.2. The molecule has 17 nitrogen and oxygen atoms in total. The van der Waals surface area contributed by atoms with E-state index in [1.807, 2.05) is 0 Å². The van der Waals surface area contributed by atoms with Crippen LogP contribution < -0.4 is 21.3 Å². The SMILES string of the molecule is CNC(=O)N(C(=O)c1ccoc1)c1ccccc1CC(=O)NC1C(=O)N2C(C(=O)O)=C(CSc3nnnn3CC(N)=O)CS[C@@H]12. The van der Waals surface area contributed by atoms with E-state index in [2.05, 4.69) is 26.2 Å². The van der Waals surface area contributed by atoms with Crippen molar-refractivity contribution in [2.24, 2.45) is 5.73 Å². The summed E-state index contributed by atoms with van der Waals surface area (Å²) in [7, 11) is 1.36. The summed E-state index contributed by atoms with van der Waals surface area (Å²) in [5.74, 6) is -3.45. The molecule has 3 aromatic rings. The summed E-state index contributed by atoms with van der Waals surface area (Å²) in [6.07, 6.45) is 2.20. The van der Waals surface area contributed by atoms with Crippen LogP contribution >= 0.6 is 23.5 Å². The number of hydrogen-bond acceptors (Lipinski definition) is 12. The largest absolute Gasteiger partial charge is 0.477 e. The molecule has 2 aromatic heterocycles. The van der Waals surface area contributed by atoms with E-state index in [-0.39, 0.29) is 46.6 Å². The molecule has 1 saturated heterocycles. The molecule has 0 saturated carbocycles. The molecule has 0 radical (unpaired) electrons. The third-order valence-electron chi connectivity index (χ3n) is 6.72. The molecule has 1 aromatic carbocycles. The van der Waals surface area contributed by atoms with Crippen LogP contribution in [0.5, 0.6) is 0 Å². The van der Waals surface area contributed by atoms with Gasteiger partial charge in [-0.25, -0.2) is 19.2 Å². The first-order chi connectivity index (χ1) is 21.6. The lowest BCUT2D eigenvalue weighted by Gasteiger charge is -2.49. The lowest BCUT2D eigenvalue weighted by molar-refractivity contribution is -0.150. The first kappa shape index (κ1) is 31.3. The standard InChI is InChI=1S/C26H25N9O8S2/c1-28-25(42)34(21(38)14-6-7-43-10-14)16-5-3-2-4-13(16)8-18(37)29-19-22(39)35-20(24(40)41)15(11-44-23(19)35)12-45-26-30-31-32-33(26)9-17(27)36/h2-7,10,19,23H,8-9,11-12H2,1H3,(H2,27,36)(H,28,42)(H,29,37)(H,40,41)/t19?,23-/m0/s1. The van der Waals surface area contributed by atoms with E-state index in [4.69, 9.17) is 10.2 Å². The Balaban J connectivity index is 1.28. The van der Waals surface area contributed by atoms with E-state index in [0.717, 1.165) is 21.6 Å². The van der Waals surface area contributed by atoms with E-state index >= 15 is 0 Å². The number of nitrogens with one attached hydrogen (secondary N) is 2. The number of β-lactam (4-membered cyclic amide) rings is 1. The summed E-state index contributed by atoms with van der Waals surface area (Å²) in [5, 5.41) is 25.7. The molecule has 4 heterocycles. The Morgan fingerprint density at radius 3 is 2.69 bits per heavy atom. The van der Waals surface area contributed by atoms with Crippen molar-refractivity contribution in [2.75, 3.05) is 23.5 Å². The molecular weight excluding hydrogens is 630 g/mol. The number of rotatable bonds is 11. The Kier molecular flexibility index (Phi) is 9.18. The summed E-state index contributed by atoms with van der Waals surface area (Å²) in [6.45, 7) is -0.252. The fourth-order valence-corrected chi connectivity index (χ4v) is 7.07. The number of carboxylic acids is 1. The maximum Gasteiger partial charge on any atom is 0.352 e. The monoisotopic (exact) mass is 655 g/mol. The number of tetrazole rings is 1. The van der Waals surface area contributed by atoms with Gasteiger partial charge in [-0.15, -0.1) is 16.9 Å². The topological polar surface area (TPSA) is 236 Å². The highest BCUT2D eigenvalue weighted by Crippen LogP contribution is 2.41. The molecule has 234 valence electrons. The van der Waals surface area contributed by atoms with Gasteiger partial charge in [0.2, 0.25) is 17.0 Å². The molecule has 1 unspecified atom stereocenters. The Bertz CT molecular complexity index is 1710. The van der Waals surface area contributed by atoms with Crippen molar-refractivity contribution in [3.05, 3.63) is 65.3 Å². The van der Waals surface area contributed by atoms with Crippen molar-refractivity contribution in [1.29, 1.82) is 0 Å². The number of carbonyl (C=O) groups is 6. The third-order valence-corrected chi connectivity index (χ3v) is 9.10. The van der Waals surface area contributed by atoms with Gasteiger partial charge in [-0.2, -0.15) is 0 Å². The summed E-state index contributed by atoms with van der Waals surface area (Å²) in [6, 6.07) is 6.01. The highest BCUT2D eigenvalue weighted by atomic mass is 32.2. The van der Waals surface area contributed by atoms with Crippen LogP contribution in [-0.4, -0.2) is 95.8 Å². The number of nitrogens with two attached hydrogens (primary N) is 1. The maximum absolute atomic E-state index is 13.2. The Hall–Kier alpha value is -5.17. The predicted molar refractivity (Wildman–Crippen MR) is 158 cm³/mol. The molecule has 2 atom stereocenters. The van der Waals surface area contributed by atoms with Crippen LogP contribution in [0.15, 0.2) is 63.7 Å². The molecule has 5 rings (SSSR count). The summed E-state index contributed by atoms with van der Waals surface area (Å²) < 4.78 is 6.16. The molecule has 2 aliphatic rings. The van der Waals surface area contributed by atoms with Crippen molar-refractivity contribution in [1.82, 2.24) is 35.7 Å². The number of hydrogen-bond donors (Lipinski definition) is 4. The zero-order chi connectivity index (χ0) is 32.2. The lowest BCUT2D eigenvalue weighted by atomic mass is 10.0. The Labute approximate surface area is 262 Å². The number of fused-ring (bicyclic) bond motifs is 1. The second-order valence-electron chi connectivity index (χ2n) is 9.60. The molecule has 0 bridgehead atoms. The summed E-state index contributed by atoms with van der Waals surface area (Å²) in [4.78, 5) is 77.7. The van der Waals surface area contributed by atoms with Crippen LogP contribution in [0.2, 0.25) is 0 Å². The number of urea groups is 1. The normalized spacial score (nSPS) is 17.3. The van der Waals surface area contributed by atoms with Gasteiger partial charge >= 0.3 is 12.0 Å². The second-order valence-corrected chi connectivity index (χ2v) is 11.6. The minimum atomic E-state index is -1.31. The number of anilines is 1. The number of imide groups is 1. The van der Waals surface area contributed by atoms with E-state index in [1.54, 1.807) is 18.2 Å². The molecule has 2 aliphatic heterocycles. The van der Waals surface area contributed by atoms with Crippen LogP contribution in [0.4, 0.5) is 10.5 Å². The van der Waals surface area contributed by atoms with E-state index in [9.17, 15) is 33.9 Å². The van der Waals surface area contributed by atoms with Crippen molar-refractivity contribution in [2.45, 2.75) is 29.5 Å². The number of primary amides is 1. The number of carbonyl (C=O) groups excluding carboxylic acids is 5. The van der Waals surface area contributed by atoms with Crippen molar-refractivity contribution in [3.8, 4) is 0 Å². The quantitative estimate of drug-likeness (QED) is 0.155. The van der Waals surface area contributed by atoms with Gasteiger partial charge in [0.1, 0.15) is 29.9 Å². The van der Waals surface area contributed by atoms with Crippen LogP contribution in [0.3, 0.4) is 0 Å². The van der Waals surface area contributed by atoms with Crippen LogP contribution in [-0.2, 0) is 32.1 Å². The minimum Gasteiger partial charge on any atom is -0.477 e. The number of amides is 6. The van der Waals surface area contributed by atoms with Gasteiger partial charge in [0.15, 0.2) is 0 Å². The number of aromatic nitrogens is 4. The molecule has 19 heteroatoms. The first-order valence-electron chi connectivity index (χ1n) is 13.1. The number of aliphatic carboxylic acids is 1. The molecule has 5 N–H and O–H groups in total. The average molecular weight is 656 g/mol. The van der Waals surface area contributed by atoms with Crippen LogP contribution in [0.25, 0.3) is 0 Å². The number of benzene rings is 1. The highest BCUT2D eigenvalue weighted by Gasteiger charge is 2.54. The van der Waals surface area contributed by atoms with E-state index in [1.165, 1.54) is 48.2 Å². The Morgan fingerprint density at radius 2 is 2.00 bits per heavy atom. The van der Waals surface area contributed by atoms with Gasteiger partial charge in [-0.3, -0.25) is 24.1 Å². The molecule has 6 amide bonds. The smallest absolute Gasteiger partial charge is 0.352 e. The second kappa shape index (κ2) is 13.2. The van der Waals surface area contributed by atoms with Gasteiger partial charge in [0.05, 0.1) is 23.9 Å². The van der Waals surface area contributed by atoms with Gasteiger partial charge in [-0.1, -0.05) is 30.0 Å². The molecule has 45 heavy (non-hydrogen) atoms. The van der Waals surface area contributed by atoms with E-state index in [0.29, 0.717) is 11.1 Å². The number of para-hydroxylation sites is 1. The summed E-state index contributed by atoms with van der Waals surface area (Å²) >= 11 is 2.37. The van der Waals surface area contributed by atoms with Gasteiger partial charge < -0.3 is 25.9 Å². The zero-order valence-electron chi connectivity index (χ0n) is 23.4. The number of thioether (sulfide) groups is 2. The maximum atomic E-state index is 13.2. The highest BCUT2D eigenvalue weighted by molar-refractivity contribution is 8.01. The van der Waals surface area contributed by atoms with Crippen LogP contribution in [0.1, 0.15) is 15.9 Å². The van der Waals surface area contributed by atoms with Crippen molar-refractivity contribution >= 4 is 64.8 Å². The third kappa shape index (κ3) is 6.38. The number of carboxylic acid groups (broad SMARTS) is 1. The minimum absolute atomic E-state index is 0.122. The number of furan rings is 1. The zero-order valence-corrected chi connectivity index (χ0v) is 25.0. The average Bonchev–Trinajstić information content (AvgIpc) is 3.71. The molecule has 0 spiro atoms. The van der Waals surface area contributed by atoms with Crippen LogP contribution in [0, 0.1) is 0 Å². The van der Waals surface area contributed by atoms with E-state index < -0.39 is 47.0 Å². The fraction of sp³-hybridized carbons (Fsp3) is 0.269. The molecule has 0 aliphatic carbocycles. The Morgan fingerprint density at radius 1 is 1.22 bits per heavy atom. The lowest BCUT2D eigenvalue weighted by Crippen LogP contribution is -2.70. The molecular formula is C26H25N9O8S2. The summed E-state index contributed by atoms with van der Waals surface area (Å²) in [5.41, 5.74) is 6.06. The fourth-order valence-electron chi connectivity index (χ4n) is 4.71. The van der Waals surface area contributed by atoms with Gasteiger partial charge in [-0.05, 0) is 33.7 Å². The van der Waals surface area contributed by atoms with Gasteiger partial charge in [0, 0.05) is 18.6 Å². The van der Waals surface area contributed by atoms with Crippen molar-refractivity contribution < 1.29 is 38.3 Å².